The van der Waals surface area contributed by atoms with Gasteiger partial charge in [0, 0.05) is 0 Å². The molecule has 1 aliphatic carbocycles. The van der Waals surface area contributed by atoms with Crippen LogP contribution in [0.4, 0.5) is 10.5 Å². The van der Waals surface area contributed by atoms with Crippen LogP contribution in [0.15, 0.2) is 18.2 Å². The smallest absolute Gasteiger partial charge is 0.412 e. The van der Waals surface area contributed by atoms with E-state index in [0.29, 0.717) is 10.7 Å². The van der Waals surface area contributed by atoms with Crippen LogP contribution < -0.4 is 5.32 Å². The fourth-order valence-corrected chi connectivity index (χ4v) is 2.52. The molecular formula is C16H20ClNO3. The van der Waals surface area contributed by atoms with E-state index < -0.39 is 11.7 Å². The van der Waals surface area contributed by atoms with Crippen LogP contribution >= 0.6 is 11.6 Å². The third-order valence-electron chi connectivity index (χ3n) is 3.58. The van der Waals surface area contributed by atoms with E-state index in [9.17, 15) is 9.59 Å². The number of anilines is 1. The first-order valence-electron chi connectivity index (χ1n) is 6.95. The summed E-state index contributed by atoms with van der Waals surface area (Å²) in [6.07, 6.45) is 1.17. The standard InChI is InChI=1S/C16H20ClNO3/c1-10(19)16(7-8-16)11-5-6-13(12(17)9-11)18-14(20)21-15(2,3)4/h5-6,9H,7-8H2,1-4H3,(H,18,20). The number of amides is 1. The molecule has 0 unspecified atom stereocenters. The maximum atomic E-state index is 11.7. The van der Waals surface area contributed by atoms with Crippen molar-refractivity contribution in [3.8, 4) is 0 Å². The third kappa shape index (κ3) is 3.56. The van der Waals surface area contributed by atoms with Gasteiger partial charge in [-0.15, -0.1) is 0 Å². The Morgan fingerprint density at radius 1 is 1.29 bits per heavy atom. The Kier molecular flexibility index (Phi) is 4.02. The topological polar surface area (TPSA) is 55.4 Å². The summed E-state index contributed by atoms with van der Waals surface area (Å²) in [5, 5.41) is 3.03. The van der Waals surface area contributed by atoms with Gasteiger partial charge in [-0.25, -0.2) is 4.79 Å². The quantitative estimate of drug-likeness (QED) is 0.905. The number of ketones is 1. The molecule has 0 atom stereocenters. The predicted octanol–water partition coefficient (Wildman–Crippen LogP) is 4.31. The van der Waals surface area contributed by atoms with E-state index in [1.165, 1.54) is 0 Å². The fourth-order valence-electron chi connectivity index (χ4n) is 2.30. The summed E-state index contributed by atoms with van der Waals surface area (Å²) in [6, 6.07) is 5.31. The average molecular weight is 310 g/mol. The summed E-state index contributed by atoms with van der Waals surface area (Å²) in [4.78, 5) is 23.5. The molecule has 0 saturated heterocycles. The first-order chi connectivity index (χ1) is 9.64. The molecule has 0 spiro atoms. The lowest BCUT2D eigenvalue weighted by molar-refractivity contribution is -0.119. The van der Waals surface area contributed by atoms with E-state index in [1.54, 1.807) is 39.8 Å². The molecule has 1 aliphatic rings. The van der Waals surface area contributed by atoms with Crippen molar-refractivity contribution in [1.29, 1.82) is 0 Å². The molecule has 1 N–H and O–H groups in total. The minimum atomic E-state index is -0.566. The summed E-state index contributed by atoms with van der Waals surface area (Å²) in [5.41, 5.74) is 0.459. The van der Waals surface area contributed by atoms with E-state index in [4.69, 9.17) is 16.3 Å². The van der Waals surface area contributed by atoms with Gasteiger partial charge in [-0.2, -0.15) is 0 Å². The number of ether oxygens (including phenoxy) is 1. The highest BCUT2D eigenvalue weighted by Crippen LogP contribution is 2.49. The SMILES string of the molecule is CC(=O)C1(c2ccc(NC(=O)OC(C)(C)C)c(Cl)c2)CC1. The molecule has 0 aromatic heterocycles. The lowest BCUT2D eigenvalue weighted by Crippen LogP contribution is -2.27. The number of hydrogen-bond donors (Lipinski definition) is 1. The molecule has 1 aromatic rings. The van der Waals surface area contributed by atoms with E-state index >= 15 is 0 Å². The lowest BCUT2D eigenvalue weighted by atomic mass is 9.92. The lowest BCUT2D eigenvalue weighted by Gasteiger charge is -2.20. The Morgan fingerprint density at radius 3 is 2.33 bits per heavy atom. The van der Waals surface area contributed by atoms with Gasteiger partial charge in [0.1, 0.15) is 11.4 Å². The minimum Gasteiger partial charge on any atom is -0.444 e. The zero-order valence-electron chi connectivity index (χ0n) is 12.7. The van der Waals surface area contributed by atoms with Gasteiger partial charge in [0.15, 0.2) is 0 Å². The molecule has 0 bridgehead atoms. The Balaban J connectivity index is 2.14. The molecule has 0 aliphatic heterocycles. The largest absolute Gasteiger partial charge is 0.444 e. The van der Waals surface area contributed by atoms with Crippen LogP contribution in [0.5, 0.6) is 0 Å². The van der Waals surface area contributed by atoms with Crippen molar-refractivity contribution in [2.75, 3.05) is 5.32 Å². The van der Waals surface area contributed by atoms with E-state index in [1.807, 2.05) is 6.07 Å². The molecule has 2 rings (SSSR count). The maximum Gasteiger partial charge on any atom is 0.412 e. The summed E-state index contributed by atoms with van der Waals surface area (Å²) in [5.74, 6) is 0.159. The van der Waals surface area contributed by atoms with Gasteiger partial charge in [-0.1, -0.05) is 17.7 Å². The Bertz CT molecular complexity index is 586. The van der Waals surface area contributed by atoms with Crippen molar-refractivity contribution < 1.29 is 14.3 Å². The van der Waals surface area contributed by atoms with Crippen LogP contribution in [-0.4, -0.2) is 17.5 Å². The number of carbonyl (C=O) groups is 2. The number of benzene rings is 1. The first kappa shape index (κ1) is 15.8. The highest BCUT2D eigenvalue weighted by molar-refractivity contribution is 6.33. The molecule has 5 heteroatoms. The Morgan fingerprint density at radius 2 is 1.90 bits per heavy atom. The van der Waals surface area contributed by atoms with Gasteiger partial charge < -0.3 is 4.74 Å². The van der Waals surface area contributed by atoms with Crippen LogP contribution in [0, 0.1) is 0 Å². The van der Waals surface area contributed by atoms with Gasteiger partial charge in [0.05, 0.1) is 16.1 Å². The molecular weight excluding hydrogens is 290 g/mol. The van der Waals surface area contributed by atoms with Crippen molar-refractivity contribution in [3.63, 3.8) is 0 Å². The number of rotatable bonds is 3. The van der Waals surface area contributed by atoms with Crippen LogP contribution in [0.25, 0.3) is 0 Å². The Hall–Kier alpha value is -1.55. The van der Waals surface area contributed by atoms with Crippen LogP contribution in [0.3, 0.4) is 0 Å². The number of Topliss-reactive ketones (excluding diaryl/α,β-unsaturated/α-hetero) is 1. The average Bonchev–Trinajstić information content (AvgIpc) is 3.10. The molecule has 1 amide bonds. The number of nitrogens with one attached hydrogen (secondary N) is 1. The van der Waals surface area contributed by atoms with Crippen molar-refractivity contribution in [2.24, 2.45) is 0 Å². The first-order valence-corrected chi connectivity index (χ1v) is 7.33. The van der Waals surface area contributed by atoms with Crippen molar-refractivity contribution in [1.82, 2.24) is 0 Å². The molecule has 21 heavy (non-hydrogen) atoms. The van der Waals surface area contributed by atoms with Crippen LogP contribution in [0.1, 0.15) is 46.1 Å². The summed E-state index contributed by atoms with van der Waals surface area (Å²) in [7, 11) is 0. The molecule has 1 fully saturated rings. The van der Waals surface area contributed by atoms with Crippen LogP contribution in [0.2, 0.25) is 5.02 Å². The van der Waals surface area contributed by atoms with Gasteiger partial charge in [-0.3, -0.25) is 10.1 Å². The fraction of sp³-hybridized carbons (Fsp3) is 0.500. The second kappa shape index (κ2) is 5.34. The predicted molar refractivity (Wildman–Crippen MR) is 82.9 cm³/mol. The van der Waals surface area contributed by atoms with Crippen molar-refractivity contribution in [3.05, 3.63) is 28.8 Å². The van der Waals surface area contributed by atoms with Crippen molar-refractivity contribution >= 4 is 29.2 Å². The molecule has 0 heterocycles. The van der Waals surface area contributed by atoms with E-state index in [-0.39, 0.29) is 11.2 Å². The normalized spacial score (nSPS) is 16.2. The number of carbonyl (C=O) groups excluding carboxylic acids is 2. The van der Waals surface area contributed by atoms with Crippen LogP contribution in [-0.2, 0) is 14.9 Å². The maximum absolute atomic E-state index is 11.7. The zero-order valence-corrected chi connectivity index (χ0v) is 13.5. The second-order valence-electron chi connectivity index (χ2n) is 6.46. The third-order valence-corrected chi connectivity index (χ3v) is 3.89. The van der Waals surface area contributed by atoms with Gasteiger partial charge in [0.2, 0.25) is 0 Å². The van der Waals surface area contributed by atoms with Gasteiger partial charge in [-0.05, 0) is 58.2 Å². The zero-order chi connectivity index (χ0) is 15.8. The van der Waals surface area contributed by atoms with Gasteiger partial charge in [0.25, 0.3) is 0 Å². The number of halogens is 1. The molecule has 4 nitrogen and oxygen atoms in total. The second-order valence-corrected chi connectivity index (χ2v) is 6.87. The summed E-state index contributed by atoms with van der Waals surface area (Å²) in [6.45, 7) is 6.98. The summed E-state index contributed by atoms with van der Waals surface area (Å²) >= 11 is 6.20. The van der Waals surface area contributed by atoms with Crippen molar-refractivity contribution in [2.45, 2.75) is 51.6 Å². The van der Waals surface area contributed by atoms with E-state index in [2.05, 4.69) is 5.32 Å². The molecule has 1 saturated carbocycles. The number of hydrogen-bond acceptors (Lipinski definition) is 3. The molecule has 114 valence electrons. The van der Waals surface area contributed by atoms with Gasteiger partial charge >= 0.3 is 6.09 Å². The highest BCUT2D eigenvalue weighted by Gasteiger charge is 2.48. The monoisotopic (exact) mass is 309 g/mol. The summed E-state index contributed by atoms with van der Waals surface area (Å²) < 4.78 is 5.18. The van der Waals surface area contributed by atoms with E-state index in [0.717, 1.165) is 18.4 Å². The Labute approximate surface area is 129 Å². The highest BCUT2D eigenvalue weighted by atomic mass is 35.5. The molecule has 1 aromatic carbocycles. The minimum absolute atomic E-state index is 0.159. The molecule has 0 radical (unpaired) electrons.